The summed E-state index contributed by atoms with van der Waals surface area (Å²) in [6, 6.07) is 4.03. The number of aromatic nitrogens is 2. The summed E-state index contributed by atoms with van der Waals surface area (Å²) < 4.78 is 57.1. The van der Waals surface area contributed by atoms with Crippen LogP contribution >= 0.6 is 11.6 Å². The molecule has 0 aliphatic rings. The second kappa shape index (κ2) is 6.57. The molecule has 2 aromatic rings. The maximum Gasteiger partial charge on any atom is 0.388 e. The minimum atomic E-state index is -3.04. The zero-order chi connectivity index (χ0) is 15.4. The standard InChI is InChI=1S/C12H7ClF4N2O2/c13-6-1-2-7(9(3-6)20-11(14)15)8-4-19-10(5-18-8)21-12(16)17/h1-5,11-12H. The molecule has 0 aliphatic carbocycles. The average molecular weight is 323 g/mol. The number of hydrogen-bond acceptors (Lipinski definition) is 4. The van der Waals surface area contributed by atoms with E-state index in [2.05, 4.69) is 19.4 Å². The Labute approximate surface area is 121 Å². The van der Waals surface area contributed by atoms with Crippen LogP contribution in [0.1, 0.15) is 0 Å². The molecule has 1 aromatic carbocycles. The highest BCUT2D eigenvalue weighted by Crippen LogP contribution is 2.32. The number of ether oxygens (including phenoxy) is 2. The third-order valence-electron chi connectivity index (χ3n) is 2.27. The van der Waals surface area contributed by atoms with Crippen molar-refractivity contribution in [1.29, 1.82) is 0 Å². The SMILES string of the molecule is FC(F)Oc1cnc(-c2ccc(Cl)cc2OC(F)F)cn1. The Morgan fingerprint density at radius 2 is 1.67 bits per heavy atom. The summed E-state index contributed by atoms with van der Waals surface area (Å²) in [6.07, 6.45) is 2.04. The summed E-state index contributed by atoms with van der Waals surface area (Å²) in [5, 5.41) is 0.194. The Bertz CT molecular complexity index is 611. The fourth-order valence-corrected chi connectivity index (χ4v) is 1.67. The summed E-state index contributed by atoms with van der Waals surface area (Å²) in [5.41, 5.74) is 0.333. The van der Waals surface area contributed by atoms with Crippen LogP contribution in [0.3, 0.4) is 0 Å². The number of alkyl halides is 4. The maximum atomic E-state index is 12.4. The van der Waals surface area contributed by atoms with Crippen LogP contribution in [0.25, 0.3) is 11.3 Å². The molecular weight excluding hydrogens is 316 g/mol. The van der Waals surface area contributed by atoms with Crippen LogP contribution in [0.2, 0.25) is 5.02 Å². The molecule has 4 nitrogen and oxygen atoms in total. The van der Waals surface area contributed by atoms with Crippen LogP contribution in [0.5, 0.6) is 11.6 Å². The molecule has 0 radical (unpaired) electrons. The Kier molecular flexibility index (Phi) is 4.79. The van der Waals surface area contributed by atoms with Crippen molar-refractivity contribution in [3.8, 4) is 22.9 Å². The van der Waals surface area contributed by atoms with E-state index in [1.165, 1.54) is 18.2 Å². The molecule has 0 spiro atoms. The first-order valence-corrected chi connectivity index (χ1v) is 5.85. The molecular formula is C12H7ClF4N2O2. The first-order valence-electron chi connectivity index (χ1n) is 5.47. The molecule has 0 aliphatic heterocycles. The zero-order valence-corrected chi connectivity index (χ0v) is 10.9. The molecule has 0 atom stereocenters. The fourth-order valence-electron chi connectivity index (χ4n) is 1.51. The zero-order valence-electron chi connectivity index (χ0n) is 10.1. The van der Waals surface area contributed by atoms with E-state index in [4.69, 9.17) is 11.6 Å². The highest BCUT2D eigenvalue weighted by Gasteiger charge is 2.14. The van der Waals surface area contributed by atoms with E-state index >= 15 is 0 Å². The van der Waals surface area contributed by atoms with E-state index in [1.54, 1.807) is 0 Å². The predicted octanol–water partition coefficient (Wildman–Crippen LogP) is 4.00. The summed E-state index contributed by atoms with van der Waals surface area (Å²) in [6.45, 7) is -6.07. The van der Waals surface area contributed by atoms with Gasteiger partial charge in [0.1, 0.15) is 5.75 Å². The van der Waals surface area contributed by atoms with Gasteiger partial charge in [-0.15, -0.1) is 0 Å². The highest BCUT2D eigenvalue weighted by molar-refractivity contribution is 6.30. The molecule has 9 heteroatoms. The lowest BCUT2D eigenvalue weighted by molar-refractivity contribution is -0.0533. The summed E-state index contributed by atoms with van der Waals surface area (Å²) in [5.74, 6) is -0.589. The minimum Gasteiger partial charge on any atom is -0.434 e. The summed E-state index contributed by atoms with van der Waals surface area (Å²) in [4.78, 5) is 7.41. The van der Waals surface area contributed by atoms with Crippen LogP contribution in [0.4, 0.5) is 17.6 Å². The van der Waals surface area contributed by atoms with Crippen molar-refractivity contribution in [2.45, 2.75) is 13.2 Å². The van der Waals surface area contributed by atoms with Crippen LogP contribution in [-0.4, -0.2) is 23.2 Å². The van der Waals surface area contributed by atoms with Gasteiger partial charge in [0.05, 0.1) is 18.1 Å². The van der Waals surface area contributed by atoms with Gasteiger partial charge in [-0.2, -0.15) is 17.6 Å². The second-order valence-corrected chi connectivity index (χ2v) is 4.07. The minimum absolute atomic E-state index is 0.143. The molecule has 1 heterocycles. The largest absolute Gasteiger partial charge is 0.434 e. The first kappa shape index (κ1) is 15.3. The predicted molar refractivity (Wildman–Crippen MR) is 65.7 cm³/mol. The topological polar surface area (TPSA) is 44.2 Å². The third-order valence-corrected chi connectivity index (χ3v) is 2.51. The van der Waals surface area contributed by atoms with Gasteiger partial charge in [0, 0.05) is 10.6 Å². The van der Waals surface area contributed by atoms with Crippen molar-refractivity contribution >= 4 is 11.6 Å². The van der Waals surface area contributed by atoms with Gasteiger partial charge in [0.15, 0.2) is 0 Å². The lowest BCUT2D eigenvalue weighted by atomic mass is 10.1. The Hall–Kier alpha value is -2.09. The quantitative estimate of drug-likeness (QED) is 0.780. The van der Waals surface area contributed by atoms with E-state index in [1.807, 2.05) is 0 Å². The number of benzene rings is 1. The van der Waals surface area contributed by atoms with Crippen molar-refractivity contribution in [2.24, 2.45) is 0 Å². The Balaban J connectivity index is 2.32. The number of halogens is 5. The van der Waals surface area contributed by atoms with E-state index in [0.717, 1.165) is 12.4 Å². The van der Waals surface area contributed by atoms with E-state index < -0.39 is 13.2 Å². The molecule has 2 rings (SSSR count). The van der Waals surface area contributed by atoms with Gasteiger partial charge in [-0.25, -0.2) is 9.97 Å². The van der Waals surface area contributed by atoms with Gasteiger partial charge < -0.3 is 9.47 Å². The van der Waals surface area contributed by atoms with Gasteiger partial charge in [-0.05, 0) is 18.2 Å². The maximum absolute atomic E-state index is 12.4. The molecule has 0 saturated heterocycles. The normalized spacial score (nSPS) is 11.0. The van der Waals surface area contributed by atoms with E-state index in [9.17, 15) is 17.6 Å². The number of rotatable bonds is 5. The van der Waals surface area contributed by atoms with Crippen molar-refractivity contribution in [3.63, 3.8) is 0 Å². The molecule has 0 fully saturated rings. The molecule has 0 saturated carbocycles. The fraction of sp³-hybridized carbons (Fsp3) is 0.167. The smallest absolute Gasteiger partial charge is 0.388 e. The van der Waals surface area contributed by atoms with E-state index in [0.29, 0.717) is 0 Å². The van der Waals surface area contributed by atoms with Crippen molar-refractivity contribution < 1.29 is 27.0 Å². The van der Waals surface area contributed by atoms with Crippen LogP contribution in [0.15, 0.2) is 30.6 Å². The molecule has 0 amide bonds. The summed E-state index contributed by atoms with van der Waals surface area (Å²) in [7, 11) is 0. The van der Waals surface area contributed by atoms with Gasteiger partial charge in [-0.3, -0.25) is 0 Å². The molecule has 1 aromatic heterocycles. The average Bonchev–Trinajstić information content (AvgIpc) is 2.39. The third kappa shape index (κ3) is 4.19. The second-order valence-electron chi connectivity index (χ2n) is 3.64. The number of nitrogens with zero attached hydrogens (tertiary/aromatic N) is 2. The molecule has 0 bridgehead atoms. The van der Waals surface area contributed by atoms with Gasteiger partial charge in [0.2, 0.25) is 5.88 Å². The number of hydrogen-bond donors (Lipinski definition) is 0. The van der Waals surface area contributed by atoms with Crippen LogP contribution in [-0.2, 0) is 0 Å². The molecule has 21 heavy (non-hydrogen) atoms. The van der Waals surface area contributed by atoms with Gasteiger partial charge in [0.25, 0.3) is 0 Å². The Morgan fingerprint density at radius 1 is 0.952 bits per heavy atom. The molecule has 0 unspecified atom stereocenters. The van der Waals surface area contributed by atoms with Crippen LogP contribution in [0, 0.1) is 0 Å². The van der Waals surface area contributed by atoms with Crippen LogP contribution < -0.4 is 9.47 Å². The van der Waals surface area contributed by atoms with Crippen molar-refractivity contribution in [1.82, 2.24) is 9.97 Å². The lowest BCUT2D eigenvalue weighted by Crippen LogP contribution is -2.05. The first-order chi connectivity index (χ1) is 9.95. The van der Waals surface area contributed by atoms with Gasteiger partial charge >= 0.3 is 13.2 Å². The van der Waals surface area contributed by atoms with Crippen molar-refractivity contribution in [3.05, 3.63) is 35.6 Å². The summed E-state index contributed by atoms with van der Waals surface area (Å²) >= 11 is 5.71. The Morgan fingerprint density at radius 3 is 2.24 bits per heavy atom. The van der Waals surface area contributed by atoms with E-state index in [-0.39, 0.29) is 27.9 Å². The highest BCUT2D eigenvalue weighted by atomic mass is 35.5. The lowest BCUT2D eigenvalue weighted by Gasteiger charge is -2.11. The van der Waals surface area contributed by atoms with Gasteiger partial charge in [-0.1, -0.05) is 11.6 Å². The van der Waals surface area contributed by atoms with Crippen molar-refractivity contribution in [2.75, 3.05) is 0 Å². The molecule has 112 valence electrons. The monoisotopic (exact) mass is 322 g/mol. The molecule has 0 N–H and O–H groups in total.